The van der Waals surface area contributed by atoms with Crippen LogP contribution in [0.25, 0.3) is 0 Å². The lowest BCUT2D eigenvalue weighted by atomic mass is 10.1. The molecule has 0 aliphatic rings. The van der Waals surface area contributed by atoms with E-state index in [4.69, 9.17) is 23.2 Å². The van der Waals surface area contributed by atoms with Crippen molar-refractivity contribution in [3.8, 4) is 5.88 Å². The summed E-state index contributed by atoms with van der Waals surface area (Å²) in [6.45, 7) is 2.48. The van der Waals surface area contributed by atoms with Crippen LogP contribution in [0.15, 0.2) is 63.1 Å². The number of aromatic nitrogens is 2. The van der Waals surface area contributed by atoms with E-state index in [-0.39, 0.29) is 12.1 Å². The maximum absolute atomic E-state index is 13.1. The van der Waals surface area contributed by atoms with Crippen molar-refractivity contribution in [3.63, 3.8) is 0 Å². The molecule has 1 aromatic heterocycles. The molecule has 0 saturated heterocycles. The molecule has 2 aromatic carbocycles. The van der Waals surface area contributed by atoms with Crippen LogP contribution in [-0.4, -0.2) is 20.5 Å². The molecule has 0 atom stereocenters. The molecule has 0 fully saturated rings. The zero-order chi connectivity index (χ0) is 22.4. The van der Waals surface area contributed by atoms with Gasteiger partial charge in [0.15, 0.2) is 0 Å². The van der Waals surface area contributed by atoms with Crippen LogP contribution in [0.1, 0.15) is 30.9 Å². The summed E-state index contributed by atoms with van der Waals surface area (Å²) in [6.07, 6.45) is 3.27. The predicted octanol–water partition coefficient (Wildman–Crippen LogP) is 4.82. The lowest BCUT2D eigenvalue weighted by Crippen LogP contribution is -2.42. The van der Waals surface area contributed by atoms with Crippen LogP contribution >= 0.6 is 23.2 Å². The van der Waals surface area contributed by atoms with E-state index in [9.17, 15) is 14.7 Å². The molecule has 162 valence electrons. The second-order valence-electron chi connectivity index (χ2n) is 7.07. The van der Waals surface area contributed by atoms with Crippen LogP contribution in [0.2, 0.25) is 10.0 Å². The van der Waals surface area contributed by atoms with E-state index in [0.29, 0.717) is 35.1 Å². The molecule has 6 nitrogen and oxygen atoms in total. The maximum atomic E-state index is 13.1. The van der Waals surface area contributed by atoms with Gasteiger partial charge in [0.1, 0.15) is 5.56 Å². The second-order valence-corrected chi connectivity index (χ2v) is 7.92. The van der Waals surface area contributed by atoms with Crippen LogP contribution in [0.4, 0.5) is 5.69 Å². The Morgan fingerprint density at radius 2 is 1.77 bits per heavy atom. The van der Waals surface area contributed by atoms with Gasteiger partial charge in [-0.05, 0) is 36.6 Å². The van der Waals surface area contributed by atoms with Gasteiger partial charge in [-0.2, -0.15) is 0 Å². The zero-order valence-electron chi connectivity index (χ0n) is 17.1. The number of nitrogens with zero attached hydrogens (tertiary/aromatic N) is 3. The summed E-state index contributed by atoms with van der Waals surface area (Å²) in [6, 6.07) is 14.4. The third kappa shape index (κ3) is 5.46. The SMILES string of the molecule is CCCCn1c(O)c(C=Nc2ccc(Cl)cc2Cl)c(=O)n(CCc2ccccc2)c1=O. The molecule has 3 aromatic rings. The van der Waals surface area contributed by atoms with E-state index in [0.717, 1.165) is 16.6 Å². The summed E-state index contributed by atoms with van der Waals surface area (Å²) in [5, 5.41) is 11.5. The lowest BCUT2D eigenvalue weighted by molar-refractivity contribution is 0.382. The van der Waals surface area contributed by atoms with Gasteiger partial charge < -0.3 is 5.11 Å². The molecule has 0 amide bonds. The molecular weight excluding hydrogens is 437 g/mol. The molecule has 0 saturated carbocycles. The van der Waals surface area contributed by atoms with Crippen molar-refractivity contribution in [2.45, 2.75) is 39.3 Å². The molecule has 0 unspecified atom stereocenters. The number of hydrogen-bond acceptors (Lipinski definition) is 4. The minimum Gasteiger partial charge on any atom is -0.494 e. The van der Waals surface area contributed by atoms with Gasteiger partial charge in [-0.15, -0.1) is 0 Å². The first kappa shape index (κ1) is 22.8. The molecular formula is C23H23Cl2N3O3. The first-order valence-electron chi connectivity index (χ1n) is 10.0. The van der Waals surface area contributed by atoms with E-state index in [2.05, 4.69) is 4.99 Å². The van der Waals surface area contributed by atoms with Crippen molar-refractivity contribution >= 4 is 35.1 Å². The Bertz CT molecular complexity index is 1200. The first-order chi connectivity index (χ1) is 14.9. The summed E-state index contributed by atoms with van der Waals surface area (Å²) in [5.74, 6) is -0.395. The smallest absolute Gasteiger partial charge is 0.333 e. The third-order valence-corrected chi connectivity index (χ3v) is 5.42. The Balaban J connectivity index is 2.05. The standard InChI is InChI=1S/C23H23Cl2N3O3/c1-2-3-12-27-21(29)18(15-26-20-10-9-17(24)14-19(20)25)22(30)28(23(27)31)13-11-16-7-5-4-6-8-16/h4-10,14-15,29H,2-3,11-13H2,1H3. The van der Waals surface area contributed by atoms with Crippen molar-refractivity contribution in [1.29, 1.82) is 0 Å². The number of halogens is 2. The Hall–Kier alpha value is -2.83. The van der Waals surface area contributed by atoms with Crippen LogP contribution in [0.3, 0.4) is 0 Å². The fourth-order valence-corrected chi connectivity index (χ4v) is 3.60. The van der Waals surface area contributed by atoms with Crippen molar-refractivity contribution in [2.24, 2.45) is 4.99 Å². The highest BCUT2D eigenvalue weighted by Gasteiger charge is 2.17. The van der Waals surface area contributed by atoms with Crippen LogP contribution in [0.5, 0.6) is 5.88 Å². The Kier molecular flexibility index (Phi) is 7.71. The maximum Gasteiger partial charge on any atom is 0.333 e. The number of aromatic hydroxyl groups is 1. The summed E-state index contributed by atoms with van der Waals surface area (Å²) >= 11 is 12.1. The average molecular weight is 460 g/mol. The molecule has 31 heavy (non-hydrogen) atoms. The van der Waals surface area contributed by atoms with Gasteiger partial charge in [-0.3, -0.25) is 18.9 Å². The minimum atomic E-state index is -0.597. The zero-order valence-corrected chi connectivity index (χ0v) is 18.6. The van der Waals surface area contributed by atoms with Crippen molar-refractivity contribution in [1.82, 2.24) is 9.13 Å². The second kappa shape index (κ2) is 10.5. The molecule has 3 rings (SSSR count). The number of unbranched alkanes of at least 4 members (excludes halogenated alkanes) is 1. The molecule has 0 spiro atoms. The van der Waals surface area contributed by atoms with Crippen molar-refractivity contribution < 1.29 is 5.11 Å². The Labute approximate surface area is 190 Å². The molecule has 8 heteroatoms. The predicted molar refractivity (Wildman–Crippen MR) is 125 cm³/mol. The molecule has 0 aliphatic carbocycles. The van der Waals surface area contributed by atoms with Crippen LogP contribution in [0, 0.1) is 0 Å². The number of aliphatic imine (C=N–C) groups is 1. The van der Waals surface area contributed by atoms with Gasteiger partial charge in [-0.1, -0.05) is 66.9 Å². The van der Waals surface area contributed by atoms with Crippen LogP contribution in [-0.2, 0) is 19.5 Å². The fourth-order valence-electron chi connectivity index (χ4n) is 3.14. The van der Waals surface area contributed by atoms with Gasteiger partial charge in [0.2, 0.25) is 5.88 Å². The summed E-state index contributed by atoms with van der Waals surface area (Å²) in [5.41, 5.74) is 0.209. The van der Waals surface area contributed by atoms with Gasteiger partial charge in [0, 0.05) is 24.3 Å². The number of hydrogen-bond donors (Lipinski definition) is 1. The highest BCUT2D eigenvalue weighted by atomic mass is 35.5. The molecule has 0 bridgehead atoms. The van der Waals surface area contributed by atoms with Gasteiger partial charge in [0.25, 0.3) is 5.56 Å². The van der Waals surface area contributed by atoms with E-state index in [1.165, 1.54) is 16.8 Å². The van der Waals surface area contributed by atoms with Gasteiger partial charge in [-0.25, -0.2) is 4.79 Å². The molecule has 0 radical (unpaired) electrons. The molecule has 0 aliphatic heterocycles. The van der Waals surface area contributed by atoms with E-state index >= 15 is 0 Å². The average Bonchev–Trinajstić information content (AvgIpc) is 2.75. The molecule has 1 heterocycles. The number of rotatable bonds is 8. The largest absolute Gasteiger partial charge is 0.494 e. The topological polar surface area (TPSA) is 76.6 Å². The van der Waals surface area contributed by atoms with E-state index < -0.39 is 17.1 Å². The normalized spacial score (nSPS) is 11.3. The Morgan fingerprint density at radius 3 is 2.45 bits per heavy atom. The monoisotopic (exact) mass is 459 g/mol. The van der Waals surface area contributed by atoms with Crippen molar-refractivity contribution in [3.05, 3.63) is 90.5 Å². The summed E-state index contributed by atoms with van der Waals surface area (Å²) < 4.78 is 2.37. The van der Waals surface area contributed by atoms with E-state index in [1.807, 2.05) is 37.3 Å². The van der Waals surface area contributed by atoms with Gasteiger partial charge in [0.05, 0.1) is 10.7 Å². The molecule has 1 N–H and O–H groups in total. The van der Waals surface area contributed by atoms with E-state index in [1.54, 1.807) is 12.1 Å². The quantitative estimate of drug-likeness (QED) is 0.490. The highest BCUT2D eigenvalue weighted by molar-refractivity contribution is 6.36. The highest BCUT2D eigenvalue weighted by Crippen LogP contribution is 2.27. The van der Waals surface area contributed by atoms with Crippen molar-refractivity contribution in [2.75, 3.05) is 0 Å². The van der Waals surface area contributed by atoms with Crippen LogP contribution < -0.4 is 11.2 Å². The first-order valence-corrected chi connectivity index (χ1v) is 10.8. The Morgan fingerprint density at radius 1 is 1.03 bits per heavy atom. The minimum absolute atomic E-state index is 0.0604. The van der Waals surface area contributed by atoms with Gasteiger partial charge >= 0.3 is 5.69 Å². The fraction of sp³-hybridized carbons (Fsp3) is 0.261. The third-order valence-electron chi connectivity index (χ3n) is 4.88. The lowest BCUT2D eigenvalue weighted by Gasteiger charge is -2.14. The number of benzene rings is 2. The summed E-state index contributed by atoms with van der Waals surface area (Å²) in [4.78, 5) is 30.2. The summed E-state index contributed by atoms with van der Waals surface area (Å²) in [7, 11) is 0. The number of aryl methyl sites for hydroxylation is 1.